The van der Waals surface area contributed by atoms with Gasteiger partial charge < -0.3 is 14.9 Å². The van der Waals surface area contributed by atoms with Crippen LogP contribution in [0.15, 0.2) is 18.2 Å². The summed E-state index contributed by atoms with van der Waals surface area (Å²) in [5.74, 6) is -1.21. The minimum atomic E-state index is -1.70. The number of carbonyl (C=O) groups excluding carboxylic acids is 1. The molecule has 1 atom stereocenters. The molecule has 5 heteroatoms. The highest BCUT2D eigenvalue weighted by Gasteiger charge is 2.21. The fourth-order valence-electron chi connectivity index (χ4n) is 1.56. The van der Waals surface area contributed by atoms with Gasteiger partial charge in [0.05, 0.1) is 6.61 Å². The van der Waals surface area contributed by atoms with Crippen LogP contribution in [0.2, 0.25) is 0 Å². The van der Waals surface area contributed by atoms with E-state index in [0.29, 0.717) is 18.6 Å². The van der Waals surface area contributed by atoms with Crippen molar-refractivity contribution in [3.05, 3.63) is 29.3 Å². The molecule has 0 saturated carbocycles. The zero-order chi connectivity index (χ0) is 13.7. The fraction of sp³-hybridized carbons (Fsp3) is 0.385. The molecule has 0 aliphatic rings. The van der Waals surface area contributed by atoms with E-state index in [0.717, 1.165) is 0 Å². The van der Waals surface area contributed by atoms with Gasteiger partial charge in [0.1, 0.15) is 5.75 Å². The van der Waals surface area contributed by atoms with E-state index < -0.39 is 12.1 Å². The van der Waals surface area contributed by atoms with Crippen LogP contribution in [0, 0.1) is 0 Å². The maximum atomic E-state index is 11.6. The molecule has 18 heavy (non-hydrogen) atoms. The van der Waals surface area contributed by atoms with Crippen molar-refractivity contribution < 1.29 is 24.5 Å². The monoisotopic (exact) mass is 252 g/mol. The Bertz CT molecular complexity index is 453. The molecule has 1 aromatic carbocycles. The molecule has 0 radical (unpaired) electrons. The Kier molecular flexibility index (Phi) is 4.85. The molecule has 0 spiro atoms. The standard InChI is InChI=1S/C13H16O5/c1-3-10(14)8-5-6-11(18-4-2)9(7-8)12(15)13(16)17/h5-7,12,15H,3-4H2,1-2H3,(H,16,17). The van der Waals surface area contributed by atoms with Gasteiger partial charge >= 0.3 is 5.97 Å². The van der Waals surface area contributed by atoms with Crippen molar-refractivity contribution in [1.82, 2.24) is 0 Å². The van der Waals surface area contributed by atoms with Crippen LogP contribution in [0.5, 0.6) is 5.75 Å². The molecular formula is C13H16O5. The van der Waals surface area contributed by atoms with Gasteiger partial charge in [-0.2, -0.15) is 0 Å². The second-order valence-electron chi connectivity index (χ2n) is 3.70. The maximum absolute atomic E-state index is 11.6. The molecular weight excluding hydrogens is 236 g/mol. The first-order chi connectivity index (χ1) is 8.51. The summed E-state index contributed by atoms with van der Waals surface area (Å²) in [4.78, 5) is 22.4. The summed E-state index contributed by atoms with van der Waals surface area (Å²) < 4.78 is 5.24. The van der Waals surface area contributed by atoms with Crippen molar-refractivity contribution in [1.29, 1.82) is 0 Å². The summed E-state index contributed by atoms with van der Waals surface area (Å²) in [5.41, 5.74) is 0.472. The molecule has 0 aliphatic heterocycles. The third-order valence-electron chi connectivity index (χ3n) is 2.48. The SMILES string of the molecule is CCOc1ccc(C(=O)CC)cc1C(O)C(=O)O. The number of hydrogen-bond acceptors (Lipinski definition) is 4. The Hall–Kier alpha value is -1.88. The van der Waals surface area contributed by atoms with Crippen molar-refractivity contribution in [3.8, 4) is 5.75 Å². The summed E-state index contributed by atoms with van der Waals surface area (Å²) in [6, 6.07) is 4.44. The van der Waals surface area contributed by atoms with Crippen LogP contribution in [-0.2, 0) is 4.79 Å². The average Bonchev–Trinajstić information content (AvgIpc) is 2.37. The lowest BCUT2D eigenvalue weighted by Crippen LogP contribution is -2.13. The summed E-state index contributed by atoms with van der Waals surface area (Å²) in [6.07, 6.45) is -1.38. The van der Waals surface area contributed by atoms with Crippen LogP contribution in [0.1, 0.15) is 42.3 Å². The highest BCUT2D eigenvalue weighted by molar-refractivity contribution is 5.96. The van der Waals surface area contributed by atoms with Gasteiger partial charge in [-0.1, -0.05) is 6.92 Å². The van der Waals surface area contributed by atoms with E-state index in [2.05, 4.69) is 0 Å². The smallest absolute Gasteiger partial charge is 0.337 e. The van der Waals surface area contributed by atoms with E-state index in [1.165, 1.54) is 12.1 Å². The zero-order valence-electron chi connectivity index (χ0n) is 10.3. The molecule has 0 heterocycles. The quantitative estimate of drug-likeness (QED) is 0.754. The first kappa shape index (κ1) is 14.2. The second-order valence-corrected chi connectivity index (χ2v) is 3.70. The third kappa shape index (κ3) is 3.07. The number of hydrogen-bond donors (Lipinski definition) is 2. The summed E-state index contributed by atoms with van der Waals surface area (Å²) in [6.45, 7) is 3.81. The molecule has 98 valence electrons. The number of benzene rings is 1. The molecule has 0 bridgehead atoms. The number of carbonyl (C=O) groups is 2. The van der Waals surface area contributed by atoms with Crippen molar-refractivity contribution in [2.24, 2.45) is 0 Å². The number of aliphatic carboxylic acids is 1. The Balaban J connectivity index is 3.23. The van der Waals surface area contributed by atoms with Crippen LogP contribution in [0.4, 0.5) is 0 Å². The molecule has 1 unspecified atom stereocenters. The van der Waals surface area contributed by atoms with Gasteiger partial charge in [-0.25, -0.2) is 4.79 Å². The highest BCUT2D eigenvalue weighted by atomic mass is 16.5. The van der Waals surface area contributed by atoms with E-state index in [-0.39, 0.29) is 17.1 Å². The fourth-order valence-corrected chi connectivity index (χ4v) is 1.56. The van der Waals surface area contributed by atoms with Crippen LogP contribution in [0.25, 0.3) is 0 Å². The molecule has 1 rings (SSSR count). The third-order valence-corrected chi connectivity index (χ3v) is 2.48. The lowest BCUT2D eigenvalue weighted by molar-refractivity contribution is -0.147. The average molecular weight is 252 g/mol. The number of aliphatic hydroxyl groups excluding tert-OH is 1. The van der Waals surface area contributed by atoms with Gasteiger partial charge in [0.2, 0.25) is 0 Å². The molecule has 0 amide bonds. The van der Waals surface area contributed by atoms with Crippen LogP contribution < -0.4 is 4.74 Å². The summed E-state index contributed by atoms with van der Waals surface area (Å²) in [5, 5.41) is 18.4. The van der Waals surface area contributed by atoms with Crippen molar-refractivity contribution in [3.63, 3.8) is 0 Å². The van der Waals surface area contributed by atoms with Crippen LogP contribution in [0.3, 0.4) is 0 Å². The highest BCUT2D eigenvalue weighted by Crippen LogP contribution is 2.27. The minimum absolute atomic E-state index is 0.101. The van der Waals surface area contributed by atoms with E-state index in [9.17, 15) is 14.7 Å². The first-order valence-electron chi connectivity index (χ1n) is 5.72. The Morgan fingerprint density at radius 3 is 2.50 bits per heavy atom. The van der Waals surface area contributed by atoms with E-state index in [1.54, 1.807) is 19.9 Å². The molecule has 0 aromatic heterocycles. The molecule has 2 N–H and O–H groups in total. The van der Waals surface area contributed by atoms with Gasteiger partial charge in [0, 0.05) is 17.5 Å². The zero-order valence-corrected chi connectivity index (χ0v) is 10.3. The normalized spacial score (nSPS) is 11.9. The Morgan fingerprint density at radius 1 is 1.33 bits per heavy atom. The Morgan fingerprint density at radius 2 is 2.00 bits per heavy atom. The summed E-state index contributed by atoms with van der Waals surface area (Å²) in [7, 11) is 0. The largest absolute Gasteiger partial charge is 0.493 e. The topological polar surface area (TPSA) is 83.8 Å². The van der Waals surface area contributed by atoms with E-state index in [4.69, 9.17) is 9.84 Å². The van der Waals surface area contributed by atoms with Crippen LogP contribution in [-0.4, -0.2) is 28.6 Å². The number of carboxylic acids is 1. The van der Waals surface area contributed by atoms with Crippen LogP contribution >= 0.6 is 0 Å². The molecule has 0 fully saturated rings. The number of carboxylic acid groups (broad SMARTS) is 1. The van der Waals surface area contributed by atoms with Gasteiger partial charge in [-0.3, -0.25) is 4.79 Å². The van der Waals surface area contributed by atoms with Crippen molar-refractivity contribution >= 4 is 11.8 Å². The molecule has 0 saturated heterocycles. The molecule has 1 aromatic rings. The number of Topliss-reactive ketones (excluding diaryl/α,β-unsaturated/α-hetero) is 1. The maximum Gasteiger partial charge on any atom is 0.337 e. The van der Waals surface area contributed by atoms with Gasteiger partial charge in [0.15, 0.2) is 11.9 Å². The number of ether oxygens (including phenoxy) is 1. The number of rotatable bonds is 6. The molecule has 5 nitrogen and oxygen atoms in total. The lowest BCUT2D eigenvalue weighted by Gasteiger charge is -2.13. The predicted octanol–water partition coefficient (Wildman–Crippen LogP) is 1.80. The van der Waals surface area contributed by atoms with Crippen molar-refractivity contribution in [2.45, 2.75) is 26.4 Å². The number of ketones is 1. The predicted molar refractivity (Wildman–Crippen MR) is 64.8 cm³/mol. The van der Waals surface area contributed by atoms with Crippen molar-refractivity contribution in [2.75, 3.05) is 6.61 Å². The lowest BCUT2D eigenvalue weighted by atomic mass is 10.0. The Labute approximate surface area is 105 Å². The van der Waals surface area contributed by atoms with Gasteiger partial charge in [-0.05, 0) is 25.1 Å². The molecule has 0 aliphatic carbocycles. The second kappa shape index (κ2) is 6.16. The van der Waals surface area contributed by atoms with Gasteiger partial charge in [-0.15, -0.1) is 0 Å². The van der Waals surface area contributed by atoms with E-state index in [1.807, 2.05) is 0 Å². The van der Waals surface area contributed by atoms with Gasteiger partial charge in [0.25, 0.3) is 0 Å². The first-order valence-corrected chi connectivity index (χ1v) is 5.72. The summed E-state index contributed by atoms with van der Waals surface area (Å²) >= 11 is 0. The number of aliphatic hydroxyl groups is 1. The minimum Gasteiger partial charge on any atom is -0.493 e. The van der Waals surface area contributed by atoms with E-state index >= 15 is 0 Å².